The summed E-state index contributed by atoms with van der Waals surface area (Å²) in [5.41, 5.74) is 0.841. The third-order valence-electron chi connectivity index (χ3n) is 5.90. The van der Waals surface area contributed by atoms with Crippen molar-refractivity contribution in [2.45, 2.75) is 23.8 Å². The molecule has 0 aliphatic carbocycles. The molecule has 4 rings (SSSR count). The van der Waals surface area contributed by atoms with Crippen LogP contribution in [-0.4, -0.2) is 80.4 Å². The Balaban J connectivity index is 1.36. The first-order valence-electron chi connectivity index (χ1n) is 11.5. The SMILES string of the molecule is CC(CNS(=O)(=O)c1ccc2nc(NCC(O)CN3CCOCC3)ccc2c1)c1ncccc1F. The molecule has 1 aliphatic rings. The number of aromatic nitrogens is 2. The van der Waals surface area contributed by atoms with Gasteiger partial charge in [-0.15, -0.1) is 0 Å². The van der Waals surface area contributed by atoms with E-state index in [9.17, 15) is 17.9 Å². The Labute approximate surface area is 204 Å². The minimum Gasteiger partial charge on any atom is -0.390 e. The van der Waals surface area contributed by atoms with Crippen molar-refractivity contribution in [1.82, 2.24) is 19.6 Å². The summed E-state index contributed by atoms with van der Waals surface area (Å²) in [6, 6.07) is 11.0. The molecule has 0 radical (unpaired) electrons. The molecule has 1 aromatic carbocycles. The first-order chi connectivity index (χ1) is 16.8. The second kappa shape index (κ2) is 11.4. The number of nitrogens with one attached hydrogen (secondary N) is 2. The molecule has 35 heavy (non-hydrogen) atoms. The molecule has 0 spiro atoms. The van der Waals surface area contributed by atoms with E-state index in [0.717, 1.165) is 13.1 Å². The summed E-state index contributed by atoms with van der Waals surface area (Å²) in [5, 5.41) is 14.1. The molecular weight excluding hydrogens is 473 g/mol. The van der Waals surface area contributed by atoms with Gasteiger partial charge in [0.1, 0.15) is 11.6 Å². The van der Waals surface area contributed by atoms with Crippen molar-refractivity contribution in [3.8, 4) is 0 Å². The first kappa shape index (κ1) is 25.4. The average Bonchev–Trinajstić information content (AvgIpc) is 2.86. The zero-order valence-corrected chi connectivity index (χ0v) is 20.3. The number of sulfonamides is 1. The van der Waals surface area contributed by atoms with E-state index in [1.54, 1.807) is 31.2 Å². The number of nitrogens with zero attached hydrogens (tertiary/aromatic N) is 3. The number of aliphatic hydroxyl groups excluding tert-OH is 1. The highest BCUT2D eigenvalue weighted by Crippen LogP contribution is 2.21. The number of hydrogen-bond acceptors (Lipinski definition) is 8. The van der Waals surface area contributed by atoms with Crippen molar-refractivity contribution in [2.75, 3.05) is 51.3 Å². The monoisotopic (exact) mass is 503 g/mol. The molecule has 0 amide bonds. The Morgan fingerprint density at radius 2 is 1.97 bits per heavy atom. The molecule has 0 saturated carbocycles. The zero-order chi connectivity index (χ0) is 24.8. The summed E-state index contributed by atoms with van der Waals surface area (Å²) < 4.78 is 47.4. The van der Waals surface area contributed by atoms with Crippen LogP contribution in [0.15, 0.2) is 53.6 Å². The summed E-state index contributed by atoms with van der Waals surface area (Å²) in [4.78, 5) is 10.8. The Kier molecular flexibility index (Phi) is 8.24. The van der Waals surface area contributed by atoms with Gasteiger partial charge in [-0.05, 0) is 42.5 Å². The van der Waals surface area contributed by atoms with Gasteiger partial charge in [-0.25, -0.2) is 22.5 Å². The quantitative estimate of drug-likeness (QED) is 0.385. The molecule has 1 saturated heterocycles. The maximum absolute atomic E-state index is 13.9. The predicted octanol–water partition coefficient (Wildman–Crippen LogP) is 1.96. The molecule has 3 N–H and O–H groups in total. The minimum absolute atomic E-state index is 0.0161. The summed E-state index contributed by atoms with van der Waals surface area (Å²) >= 11 is 0. The van der Waals surface area contributed by atoms with Gasteiger partial charge in [-0.1, -0.05) is 6.92 Å². The predicted molar refractivity (Wildman–Crippen MR) is 131 cm³/mol. The van der Waals surface area contributed by atoms with Crippen molar-refractivity contribution in [3.05, 3.63) is 60.2 Å². The van der Waals surface area contributed by atoms with Crippen LogP contribution in [0.2, 0.25) is 0 Å². The standard InChI is InChI=1S/C24H30FN5O4S/c1-17(24-21(25)3-2-8-26-24)14-28-35(32,33)20-5-6-22-18(13-20)4-7-23(29-22)27-15-19(31)16-30-9-11-34-12-10-30/h2-8,13,17,19,28,31H,9-12,14-16H2,1H3,(H,27,29). The molecule has 11 heteroatoms. The van der Waals surface area contributed by atoms with E-state index in [-0.39, 0.29) is 17.1 Å². The number of rotatable bonds is 10. The Bertz CT molecular complexity index is 1250. The van der Waals surface area contributed by atoms with Crippen molar-refractivity contribution in [2.24, 2.45) is 0 Å². The maximum Gasteiger partial charge on any atom is 0.240 e. The van der Waals surface area contributed by atoms with Crippen LogP contribution in [0.3, 0.4) is 0 Å². The third kappa shape index (κ3) is 6.71. The molecule has 2 atom stereocenters. The zero-order valence-electron chi connectivity index (χ0n) is 19.5. The van der Waals surface area contributed by atoms with Crippen LogP contribution in [0, 0.1) is 5.82 Å². The molecule has 3 heterocycles. The number of pyridine rings is 2. The molecule has 2 aromatic heterocycles. The molecule has 1 fully saturated rings. The number of halogens is 1. The highest BCUT2D eigenvalue weighted by Gasteiger charge is 2.19. The summed E-state index contributed by atoms with van der Waals surface area (Å²) in [6.07, 6.45) is 0.930. The second-order valence-corrected chi connectivity index (χ2v) is 10.4. The second-order valence-electron chi connectivity index (χ2n) is 8.62. The fourth-order valence-electron chi connectivity index (χ4n) is 3.91. The van der Waals surface area contributed by atoms with Gasteiger partial charge in [0.15, 0.2) is 0 Å². The van der Waals surface area contributed by atoms with Crippen LogP contribution in [0.5, 0.6) is 0 Å². The van der Waals surface area contributed by atoms with Crippen LogP contribution in [0.25, 0.3) is 10.9 Å². The number of aliphatic hydroxyl groups is 1. The van der Waals surface area contributed by atoms with E-state index in [0.29, 0.717) is 43.0 Å². The topological polar surface area (TPSA) is 117 Å². The number of anilines is 1. The largest absolute Gasteiger partial charge is 0.390 e. The van der Waals surface area contributed by atoms with Gasteiger partial charge in [0.05, 0.1) is 35.4 Å². The van der Waals surface area contributed by atoms with E-state index < -0.39 is 27.9 Å². The van der Waals surface area contributed by atoms with Gasteiger partial charge < -0.3 is 15.2 Å². The fourth-order valence-corrected chi connectivity index (χ4v) is 5.08. The average molecular weight is 504 g/mol. The molecule has 9 nitrogen and oxygen atoms in total. The lowest BCUT2D eigenvalue weighted by Crippen LogP contribution is -2.42. The molecule has 2 unspecified atom stereocenters. The highest BCUT2D eigenvalue weighted by atomic mass is 32.2. The Morgan fingerprint density at radius 1 is 1.17 bits per heavy atom. The molecular formula is C24H30FN5O4S. The molecule has 188 valence electrons. The number of morpholine rings is 1. The van der Waals surface area contributed by atoms with Gasteiger partial charge in [0.25, 0.3) is 0 Å². The van der Waals surface area contributed by atoms with E-state index in [1.165, 1.54) is 24.4 Å². The highest BCUT2D eigenvalue weighted by molar-refractivity contribution is 7.89. The van der Waals surface area contributed by atoms with Gasteiger partial charge in [-0.2, -0.15) is 0 Å². The Hall–Kier alpha value is -2.70. The van der Waals surface area contributed by atoms with Crippen molar-refractivity contribution in [1.29, 1.82) is 0 Å². The lowest BCUT2D eigenvalue weighted by Gasteiger charge is -2.28. The van der Waals surface area contributed by atoms with Gasteiger partial charge in [-0.3, -0.25) is 9.88 Å². The number of hydrogen-bond donors (Lipinski definition) is 3. The van der Waals surface area contributed by atoms with Crippen molar-refractivity contribution >= 4 is 26.7 Å². The smallest absolute Gasteiger partial charge is 0.240 e. The number of β-amino-alcohol motifs (C(OH)–C–C–N with tert-alkyl or cyclic N) is 1. The minimum atomic E-state index is -3.80. The van der Waals surface area contributed by atoms with Crippen LogP contribution >= 0.6 is 0 Å². The van der Waals surface area contributed by atoms with E-state index in [2.05, 4.69) is 24.9 Å². The van der Waals surface area contributed by atoms with Gasteiger partial charge in [0.2, 0.25) is 10.0 Å². The maximum atomic E-state index is 13.9. The summed E-state index contributed by atoms with van der Waals surface area (Å²) in [6.45, 7) is 5.62. The number of ether oxygens (including phenoxy) is 1. The van der Waals surface area contributed by atoms with E-state index in [4.69, 9.17) is 4.74 Å². The lowest BCUT2D eigenvalue weighted by atomic mass is 10.1. The molecule has 0 bridgehead atoms. The van der Waals surface area contributed by atoms with Gasteiger partial charge in [0, 0.05) is 50.2 Å². The first-order valence-corrected chi connectivity index (χ1v) is 13.0. The van der Waals surface area contributed by atoms with Crippen LogP contribution in [0.1, 0.15) is 18.5 Å². The van der Waals surface area contributed by atoms with Crippen molar-refractivity contribution in [3.63, 3.8) is 0 Å². The fraction of sp³-hybridized carbons (Fsp3) is 0.417. The normalized spacial score (nSPS) is 16.8. The summed E-state index contributed by atoms with van der Waals surface area (Å²) in [7, 11) is -3.80. The van der Waals surface area contributed by atoms with Crippen LogP contribution < -0.4 is 10.0 Å². The van der Waals surface area contributed by atoms with Gasteiger partial charge >= 0.3 is 0 Å². The molecule has 3 aromatic rings. The van der Waals surface area contributed by atoms with Crippen molar-refractivity contribution < 1.29 is 22.7 Å². The van der Waals surface area contributed by atoms with E-state index in [1.807, 2.05) is 0 Å². The van der Waals surface area contributed by atoms with E-state index >= 15 is 0 Å². The number of benzene rings is 1. The molecule has 1 aliphatic heterocycles. The third-order valence-corrected chi connectivity index (χ3v) is 7.32. The lowest BCUT2D eigenvalue weighted by molar-refractivity contribution is 0.0171. The summed E-state index contributed by atoms with van der Waals surface area (Å²) in [5.74, 6) is -0.298. The Morgan fingerprint density at radius 3 is 2.74 bits per heavy atom. The van der Waals surface area contributed by atoms with Crippen LogP contribution in [0.4, 0.5) is 10.2 Å². The number of fused-ring (bicyclic) bond motifs is 1. The van der Waals surface area contributed by atoms with Crippen LogP contribution in [-0.2, 0) is 14.8 Å².